The average Bonchev–Trinajstić information content (AvgIpc) is 2.75. The molecule has 1 saturated heterocycles. The van der Waals surface area contributed by atoms with Gasteiger partial charge in [-0.15, -0.1) is 0 Å². The summed E-state index contributed by atoms with van der Waals surface area (Å²) < 4.78 is 5.64. The molecule has 2 aliphatic rings. The highest BCUT2D eigenvalue weighted by molar-refractivity contribution is 5.75. The van der Waals surface area contributed by atoms with Gasteiger partial charge in [-0.3, -0.25) is 0 Å². The van der Waals surface area contributed by atoms with Crippen LogP contribution in [0.5, 0.6) is 0 Å². The molecule has 1 aromatic carbocycles. The lowest BCUT2D eigenvalue weighted by Gasteiger charge is -2.38. The summed E-state index contributed by atoms with van der Waals surface area (Å²) in [5, 5.41) is 3.09. The van der Waals surface area contributed by atoms with Gasteiger partial charge in [0, 0.05) is 6.54 Å². The Morgan fingerprint density at radius 3 is 2.90 bits per heavy atom. The molecule has 5 heteroatoms. The van der Waals surface area contributed by atoms with Crippen molar-refractivity contribution in [2.24, 2.45) is 5.73 Å². The third-order valence-corrected chi connectivity index (χ3v) is 4.31. The summed E-state index contributed by atoms with van der Waals surface area (Å²) in [5.74, 6) is 0. The minimum Gasteiger partial charge on any atom is -0.372 e. The molecule has 1 heterocycles. The van der Waals surface area contributed by atoms with Crippen LogP contribution in [0, 0.1) is 0 Å². The second kappa shape index (κ2) is 5.31. The van der Waals surface area contributed by atoms with Gasteiger partial charge in [-0.1, -0.05) is 24.3 Å². The molecule has 21 heavy (non-hydrogen) atoms. The summed E-state index contributed by atoms with van der Waals surface area (Å²) in [6.45, 7) is 5.82. The molecule has 2 amide bonds. The molecule has 0 unspecified atom stereocenters. The van der Waals surface area contributed by atoms with Gasteiger partial charge < -0.3 is 20.7 Å². The number of nitrogens with two attached hydrogens (primary N) is 1. The summed E-state index contributed by atoms with van der Waals surface area (Å²) in [7, 11) is 0. The Morgan fingerprint density at radius 2 is 2.19 bits per heavy atom. The summed E-state index contributed by atoms with van der Waals surface area (Å²) in [6.07, 6.45) is 0.802. The van der Waals surface area contributed by atoms with E-state index >= 15 is 0 Å². The molecule has 0 radical (unpaired) electrons. The lowest BCUT2D eigenvalue weighted by molar-refractivity contribution is -0.0735. The maximum absolute atomic E-state index is 12.4. The third kappa shape index (κ3) is 2.89. The molecule has 1 aliphatic carbocycles. The number of benzene rings is 1. The van der Waals surface area contributed by atoms with E-state index in [9.17, 15) is 4.79 Å². The quantitative estimate of drug-likeness (QED) is 0.822. The number of hydrogen-bond acceptors (Lipinski definition) is 3. The molecule has 5 nitrogen and oxygen atoms in total. The first-order valence-corrected chi connectivity index (χ1v) is 7.49. The van der Waals surface area contributed by atoms with E-state index in [1.165, 1.54) is 5.56 Å². The molecule has 0 spiro atoms. The summed E-state index contributed by atoms with van der Waals surface area (Å²) in [5.41, 5.74) is 8.36. The number of carbonyl (C=O) groups excluding carboxylic acids is 1. The van der Waals surface area contributed by atoms with Crippen molar-refractivity contribution in [2.45, 2.75) is 38.0 Å². The minimum absolute atomic E-state index is 0.0270. The first-order chi connectivity index (χ1) is 9.96. The first kappa shape index (κ1) is 14.4. The van der Waals surface area contributed by atoms with Gasteiger partial charge in [0.2, 0.25) is 0 Å². The largest absolute Gasteiger partial charge is 0.372 e. The molecular weight excluding hydrogens is 266 g/mol. The Balaban J connectivity index is 1.64. The molecule has 3 rings (SSSR count). The van der Waals surface area contributed by atoms with E-state index in [2.05, 4.69) is 11.4 Å². The molecule has 3 N–H and O–H groups in total. The van der Waals surface area contributed by atoms with Crippen molar-refractivity contribution in [3.05, 3.63) is 35.4 Å². The standard InChI is InChI=1S/C16H23N3O2/c1-16(2)10-19(7-8-21-16)15(20)18-13-9-11-5-3-4-6-12(11)14(13)17/h3-6,13-14H,7-10,17H2,1-2H3,(H,18,20)/t13-,14-/m1/s1. The molecule has 1 aliphatic heterocycles. The number of rotatable bonds is 1. The van der Waals surface area contributed by atoms with Crippen molar-refractivity contribution in [3.8, 4) is 0 Å². The van der Waals surface area contributed by atoms with E-state index in [1.807, 2.05) is 36.9 Å². The predicted octanol–water partition coefficient (Wildman–Crippen LogP) is 1.43. The monoisotopic (exact) mass is 289 g/mol. The molecule has 0 bridgehead atoms. The summed E-state index contributed by atoms with van der Waals surface area (Å²) in [4.78, 5) is 14.3. The van der Waals surface area contributed by atoms with Crippen LogP contribution in [0.4, 0.5) is 4.79 Å². The van der Waals surface area contributed by atoms with Crippen molar-refractivity contribution in [1.29, 1.82) is 0 Å². The van der Waals surface area contributed by atoms with Gasteiger partial charge in [-0.05, 0) is 31.4 Å². The van der Waals surface area contributed by atoms with E-state index in [1.54, 1.807) is 0 Å². The van der Waals surface area contributed by atoms with Gasteiger partial charge in [0.15, 0.2) is 0 Å². The van der Waals surface area contributed by atoms with Crippen LogP contribution in [-0.4, -0.2) is 42.3 Å². The second-order valence-electron chi connectivity index (χ2n) is 6.51. The second-order valence-corrected chi connectivity index (χ2v) is 6.51. The lowest BCUT2D eigenvalue weighted by atomic mass is 10.1. The van der Waals surface area contributed by atoms with Gasteiger partial charge in [0.1, 0.15) is 0 Å². The molecule has 1 aromatic rings. The van der Waals surface area contributed by atoms with Crippen LogP contribution >= 0.6 is 0 Å². The van der Waals surface area contributed by atoms with Gasteiger partial charge >= 0.3 is 6.03 Å². The number of amides is 2. The highest BCUT2D eigenvalue weighted by Crippen LogP contribution is 2.29. The van der Waals surface area contributed by atoms with E-state index in [0.717, 1.165) is 12.0 Å². The summed E-state index contributed by atoms with van der Waals surface area (Å²) >= 11 is 0. The fraction of sp³-hybridized carbons (Fsp3) is 0.562. The predicted molar refractivity (Wildman–Crippen MR) is 81.0 cm³/mol. The number of ether oxygens (including phenoxy) is 1. The van der Waals surface area contributed by atoms with Crippen molar-refractivity contribution in [3.63, 3.8) is 0 Å². The number of urea groups is 1. The topological polar surface area (TPSA) is 67.6 Å². The number of hydrogen-bond donors (Lipinski definition) is 2. The van der Waals surface area contributed by atoms with Gasteiger partial charge in [-0.2, -0.15) is 0 Å². The van der Waals surface area contributed by atoms with Gasteiger partial charge in [0.05, 0.1) is 30.8 Å². The van der Waals surface area contributed by atoms with Crippen molar-refractivity contribution < 1.29 is 9.53 Å². The molecular formula is C16H23N3O2. The number of carbonyl (C=O) groups is 1. The Labute approximate surface area is 125 Å². The maximum Gasteiger partial charge on any atom is 0.317 e. The maximum atomic E-state index is 12.4. The van der Waals surface area contributed by atoms with Crippen LogP contribution in [0.15, 0.2) is 24.3 Å². The van der Waals surface area contributed by atoms with Crippen LogP contribution in [-0.2, 0) is 11.2 Å². The Hall–Kier alpha value is -1.59. The molecule has 2 atom stereocenters. The SMILES string of the molecule is CC1(C)CN(C(=O)N[C@@H]2Cc3ccccc3[C@H]2N)CCO1. The third-order valence-electron chi connectivity index (χ3n) is 4.31. The van der Waals surface area contributed by atoms with Gasteiger partial charge in [0.25, 0.3) is 0 Å². The highest BCUT2D eigenvalue weighted by atomic mass is 16.5. The van der Waals surface area contributed by atoms with E-state index in [4.69, 9.17) is 10.5 Å². The van der Waals surface area contributed by atoms with Crippen LogP contribution < -0.4 is 11.1 Å². The summed E-state index contributed by atoms with van der Waals surface area (Å²) in [6, 6.07) is 7.94. The van der Waals surface area contributed by atoms with Gasteiger partial charge in [-0.25, -0.2) is 4.79 Å². The Kier molecular flexibility index (Phi) is 3.63. The Bertz CT molecular complexity index is 544. The van der Waals surface area contributed by atoms with Crippen LogP contribution in [0.25, 0.3) is 0 Å². The van der Waals surface area contributed by atoms with E-state index in [-0.39, 0.29) is 23.7 Å². The molecule has 114 valence electrons. The van der Waals surface area contributed by atoms with Crippen LogP contribution in [0.1, 0.15) is 31.0 Å². The smallest absolute Gasteiger partial charge is 0.317 e. The zero-order valence-corrected chi connectivity index (χ0v) is 12.6. The fourth-order valence-corrected chi connectivity index (χ4v) is 3.21. The zero-order chi connectivity index (χ0) is 15.0. The van der Waals surface area contributed by atoms with Crippen molar-refractivity contribution >= 4 is 6.03 Å². The molecule has 1 fully saturated rings. The highest BCUT2D eigenvalue weighted by Gasteiger charge is 2.34. The zero-order valence-electron chi connectivity index (χ0n) is 12.6. The first-order valence-electron chi connectivity index (χ1n) is 7.49. The Morgan fingerprint density at radius 1 is 1.43 bits per heavy atom. The van der Waals surface area contributed by atoms with Crippen LogP contribution in [0.2, 0.25) is 0 Å². The molecule has 0 saturated carbocycles. The fourth-order valence-electron chi connectivity index (χ4n) is 3.21. The number of nitrogens with one attached hydrogen (secondary N) is 1. The van der Waals surface area contributed by atoms with E-state index < -0.39 is 0 Å². The number of nitrogens with zero attached hydrogens (tertiary/aromatic N) is 1. The minimum atomic E-state index is -0.281. The lowest BCUT2D eigenvalue weighted by Crippen LogP contribution is -2.55. The normalized spacial score (nSPS) is 27.3. The van der Waals surface area contributed by atoms with Crippen molar-refractivity contribution in [1.82, 2.24) is 10.2 Å². The molecule has 0 aromatic heterocycles. The number of morpholine rings is 1. The average molecular weight is 289 g/mol. The van der Waals surface area contributed by atoms with Crippen molar-refractivity contribution in [2.75, 3.05) is 19.7 Å². The van der Waals surface area contributed by atoms with E-state index in [0.29, 0.717) is 19.7 Å². The van der Waals surface area contributed by atoms with Crippen LogP contribution in [0.3, 0.4) is 0 Å². The number of fused-ring (bicyclic) bond motifs is 1.